The van der Waals surface area contributed by atoms with E-state index in [0.29, 0.717) is 11.8 Å². The van der Waals surface area contributed by atoms with Gasteiger partial charge in [0.2, 0.25) is 0 Å². The van der Waals surface area contributed by atoms with Crippen LogP contribution in [0.2, 0.25) is 0 Å². The van der Waals surface area contributed by atoms with Crippen LogP contribution >= 0.6 is 0 Å². The second kappa shape index (κ2) is 5.91. The lowest BCUT2D eigenvalue weighted by Crippen LogP contribution is -2.08. The second-order valence-electron chi connectivity index (χ2n) is 5.51. The number of nitrogens with one attached hydrogen (secondary N) is 2. The molecule has 3 heteroatoms. The quantitative estimate of drug-likeness (QED) is 0.839. The number of nitrogens with zero attached hydrogens (tertiary/aromatic N) is 1. The van der Waals surface area contributed by atoms with E-state index >= 15 is 0 Å². The van der Waals surface area contributed by atoms with E-state index in [-0.39, 0.29) is 0 Å². The summed E-state index contributed by atoms with van der Waals surface area (Å²) in [7, 11) is 0. The van der Waals surface area contributed by atoms with Crippen molar-refractivity contribution in [2.24, 2.45) is 0 Å². The summed E-state index contributed by atoms with van der Waals surface area (Å²) in [5.74, 6) is 1.99. The maximum atomic E-state index is 4.26. The van der Waals surface area contributed by atoms with Crippen molar-refractivity contribution in [1.82, 2.24) is 9.97 Å². The maximum absolute atomic E-state index is 4.26. The van der Waals surface area contributed by atoms with E-state index in [9.17, 15) is 0 Å². The Bertz CT molecular complexity index is 487. The lowest BCUT2D eigenvalue weighted by atomic mass is 9.92. The van der Waals surface area contributed by atoms with Crippen LogP contribution in [-0.4, -0.2) is 9.97 Å². The minimum atomic E-state index is 0.512. The molecule has 0 atom stereocenters. The zero-order chi connectivity index (χ0) is 13.8. The van der Waals surface area contributed by atoms with Crippen LogP contribution in [0.5, 0.6) is 0 Å². The predicted octanol–water partition coefficient (Wildman–Crippen LogP) is 4.27. The first-order valence-corrected chi connectivity index (χ1v) is 6.94. The van der Waals surface area contributed by atoms with Gasteiger partial charge in [0.25, 0.3) is 0 Å². The maximum Gasteiger partial charge on any atom is 0.125 e. The molecule has 0 unspecified atom stereocenters. The Morgan fingerprint density at radius 3 is 2.21 bits per heavy atom. The summed E-state index contributed by atoms with van der Waals surface area (Å²) in [4.78, 5) is 7.39. The molecule has 0 bridgehead atoms. The van der Waals surface area contributed by atoms with Crippen LogP contribution in [-0.2, 0) is 6.54 Å². The Kier molecular flexibility index (Phi) is 4.25. The molecule has 1 heterocycles. The Balaban J connectivity index is 2.29. The number of hydrogen-bond acceptors (Lipinski definition) is 2. The minimum absolute atomic E-state index is 0.512. The number of H-pyrrole nitrogens is 1. The summed E-state index contributed by atoms with van der Waals surface area (Å²) >= 11 is 0. The van der Waals surface area contributed by atoms with Crippen LogP contribution < -0.4 is 5.32 Å². The Labute approximate surface area is 115 Å². The average molecular weight is 257 g/mol. The van der Waals surface area contributed by atoms with E-state index in [2.05, 4.69) is 61.2 Å². The number of hydrogen-bond donors (Lipinski definition) is 2. The number of aromatic nitrogens is 2. The molecule has 102 valence electrons. The molecular weight excluding hydrogens is 234 g/mol. The van der Waals surface area contributed by atoms with Crippen molar-refractivity contribution in [2.75, 3.05) is 5.32 Å². The number of aromatic amines is 1. The van der Waals surface area contributed by atoms with E-state index in [1.807, 2.05) is 6.20 Å². The van der Waals surface area contributed by atoms with Gasteiger partial charge in [-0.25, -0.2) is 4.98 Å². The summed E-state index contributed by atoms with van der Waals surface area (Å²) in [6, 6.07) is 6.57. The fourth-order valence-corrected chi connectivity index (χ4v) is 2.32. The van der Waals surface area contributed by atoms with E-state index < -0.39 is 0 Å². The first kappa shape index (κ1) is 13.7. The van der Waals surface area contributed by atoms with Crippen molar-refractivity contribution < 1.29 is 0 Å². The molecule has 3 nitrogen and oxygen atoms in total. The molecule has 2 rings (SSSR count). The van der Waals surface area contributed by atoms with Crippen LogP contribution in [0, 0.1) is 0 Å². The van der Waals surface area contributed by atoms with Crippen molar-refractivity contribution in [2.45, 2.75) is 46.1 Å². The molecule has 0 fully saturated rings. The molecule has 2 N–H and O–H groups in total. The third-order valence-electron chi connectivity index (χ3n) is 3.36. The number of rotatable bonds is 5. The van der Waals surface area contributed by atoms with Gasteiger partial charge in [-0.05, 0) is 23.0 Å². The standard InChI is InChI=1S/C16H23N3/c1-11(2)13-6-5-7-14(12(3)4)16(13)19-10-15-17-8-9-18-15/h5-9,11-12,19H,10H2,1-4H3,(H,17,18). The van der Waals surface area contributed by atoms with E-state index in [1.165, 1.54) is 16.8 Å². The van der Waals surface area contributed by atoms with E-state index in [0.717, 1.165) is 12.4 Å². The third kappa shape index (κ3) is 3.16. The topological polar surface area (TPSA) is 40.7 Å². The zero-order valence-electron chi connectivity index (χ0n) is 12.2. The average Bonchev–Trinajstić information content (AvgIpc) is 2.88. The van der Waals surface area contributed by atoms with Gasteiger partial charge in [0, 0.05) is 18.1 Å². The molecule has 19 heavy (non-hydrogen) atoms. The molecule has 0 amide bonds. The normalized spacial score (nSPS) is 11.3. The first-order chi connectivity index (χ1) is 9.09. The van der Waals surface area contributed by atoms with Gasteiger partial charge < -0.3 is 10.3 Å². The highest BCUT2D eigenvalue weighted by atomic mass is 15.0. The van der Waals surface area contributed by atoms with Gasteiger partial charge in [0.1, 0.15) is 5.82 Å². The van der Waals surface area contributed by atoms with Crippen LogP contribution in [0.3, 0.4) is 0 Å². The number of benzene rings is 1. The van der Waals surface area contributed by atoms with Gasteiger partial charge in [0.15, 0.2) is 0 Å². The summed E-state index contributed by atoms with van der Waals surface area (Å²) in [6.45, 7) is 9.67. The van der Waals surface area contributed by atoms with Crippen LogP contribution in [0.25, 0.3) is 0 Å². The molecule has 0 saturated heterocycles. The fraction of sp³-hybridized carbons (Fsp3) is 0.438. The highest BCUT2D eigenvalue weighted by molar-refractivity contribution is 5.60. The van der Waals surface area contributed by atoms with Gasteiger partial charge >= 0.3 is 0 Å². The summed E-state index contributed by atoms with van der Waals surface area (Å²) in [5, 5.41) is 3.55. The number of para-hydroxylation sites is 1. The predicted molar refractivity (Wildman–Crippen MR) is 80.5 cm³/mol. The Hall–Kier alpha value is -1.77. The number of imidazole rings is 1. The third-order valence-corrected chi connectivity index (χ3v) is 3.36. The second-order valence-corrected chi connectivity index (χ2v) is 5.51. The summed E-state index contributed by atoms with van der Waals surface area (Å²) in [6.07, 6.45) is 3.64. The lowest BCUT2D eigenvalue weighted by Gasteiger charge is -2.20. The van der Waals surface area contributed by atoms with Gasteiger partial charge in [0.05, 0.1) is 6.54 Å². The number of anilines is 1. The zero-order valence-corrected chi connectivity index (χ0v) is 12.2. The minimum Gasteiger partial charge on any atom is -0.377 e. The van der Waals surface area contributed by atoms with Crippen LogP contribution in [0.15, 0.2) is 30.6 Å². The fourth-order valence-electron chi connectivity index (χ4n) is 2.32. The highest BCUT2D eigenvalue weighted by Crippen LogP contribution is 2.32. The Morgan fingerprint density at radius 2 is 1.74 bits per heavy atom. The van der Waals surface area contributed by atoms with Crippen molar-refractivity contribution in [3.05, 3.63) is 47.5 Å². The van der Waals surface area contributed by atoms with Gasteiger partial charge in [-0.2, -0.15) is 0 Å². The van der Waals surface area contributed by atoms with Gasteiger partial charge in [-0.1, -0.05) is 45.9 Å². The highest BCUT2D eigenvalue weighted by Gasteiger charge is 2.13. The molecule has 0 radical (unpaired) electrons. The molecular formula is C16H23N3. The molecule has 1 aromatic heterocycles. The van der Waals surface area contributed by atoms with Crippen molar-refractivity contribution in [3.8, 4) is 0 Å². The summed E-state index contributed by atoms with van der Waals surface area (Å²) in [5.41, 5.74) is 4.01. The molecule has 0 spiro atoms. The molecule has 2 aromatic rings. The van der Waals surface area contributed by atoms with E-state index in [1.54, 1.807) is 6.20 Å². The molecule has 1 aromatic carbocycles. The van der Waals surface area contributed by atoms with Crippen molar-refractivity contribution >= 4 is 5.69 Å². The molecule has 0 saturated carbocycles. The molecule has 0 aliphatic heterocycles. The van der Waals surface area contributed by atoms with E-state index in [4.69, 9.17) is 0 Å². The monoisotopic (exact) mass is 257 g/mol. The Morgan fingerprint density at radius 1 is 1.11 bits per heavy atom. The summed E-state index contributed by atoms with van der Waals surface area (Å²) < 4.78 is 0. The molecule has 0 aliphatic rings. The smallest absolute Gasteiger partial charge is 0.125 e. The van der Waals surface area contributed by atoms with Crippen LogP contribution in [0.1, 0.15) is 56.5 Å². The largest absolute Gasteiger partial charge is 0.377 e. The van der Waals surface area contributed by atoms with Crippen molar-refractivity contribution in [1.29, 1.82) is 0 Å². The van der Waals surface area contributed by atoms with Crippen molar-refractivity contribution in [3.63, 3.8) is 0 Å². The van der Waals surface area contributed by atoms with Gasteiger partial charge in [-0.3, -0.25) is 0 Å². The van der Waals surface area contributed by atoms with Crippen LogP contribution in [0.4, 0.5) is 5.69 Å². The SMILES string of the molecule is CC(C)c1cccc(C(C)C)c1NCc1ncc[nH]1. The molecule has 0 aliphatic carbocycles. The van der Waals surface area contributed by atoms with Gasteiger partial charge in [-0.15, -0.1) is 0 Å². The lowest BCUT2D eigenvalue weighted by molar-refractivity contribution is 0.830. The first-order valence-electron chi connectivity index (χ1n) is 6.94.